The molecule has 1 heterocycles. The molecule has 0 aliphatic carbocycles. The van der Waals surface area contributed by atoms with Gasteiger partial charge in [0.25, 0.3) is 0 Å². The van der Waals surface area contributed by atoms with Crippen LogP contribution >= 0.6 is 0 Å². The molecule has 0 saturated heterocycles. The van der Waals surface area contributed by atoms with E-state index in [1.807, 2.05) is 57.2 Å². The summed E-state index contributed by atoms with van der Waals surface area (Å²) in [6, 6.07) is 10.1. The number of nitrogens with zero attached hydrogens (tertiary/aromatic N) is 1. The van der Waals surface area contributed by atoms with Gasteiger partial charge in [-0.15, -0.1) is 0 Å². The Morgan fingerprint density at radius 3 is 2.74 bits per heavy atom. The molecule has 0 aliphatic heterocycles. The van der Waals surface area contributed by atoms with Gasteiger partial charge in [0.1, 0.15) is 5.75 Å². The fourth-order valence-corrected chi connectivity index (χ4v) is 2.08. The smallest absolute Gasteiger partial charge is 0.130 e. The van der Waals surface area contributed by atoms with Gasteiger partial charge >= 0.3 is 0 Å². The number of fused-ring (bicyclic) bond motifs is 1. The highest BCUT2D eigenvalue weighted by Gasteiger charge is 2.07. The summed E-state index contributed by atoms with van der Waals surface area (Å²) < 4.78 is 5.74. The molecule has 2 rings (SSSR count). The zero-order valence-corrected chi connectivity index (χ0v) is 11.7. The maximum atomic E-state index is 5.74. The molecule has 1 aromatic heterocycles. The van der Waals surface area contributed by atoms with Crippen molar-refractivity contribution in [1.82, 2.24) is 4.98 Å². The van der Waals surface area contributed by atoms with Gasteiger partial charge in [0, 0.05) is 11.5 Å². The molecule has 0 amide bonds. The second kappa shape index (κ2) is 6.19. The molecule has 2 aromatic rings. The molecular formula is C17H19NO. The van der Waals surface area contributed by atoms with Gasteiger partial charge in [-0.2, -0.15) is 0 Å². The highest BCUT2D eigenvalue weighted by molar-refractivity contribution is 5.88. The monoisotopic (exact) mass is 253 g/mol. The number of aromatic nitrogens is 1. The van der Waals surface area contributed by atoms with Crippen molar-refractivity contribution in [2.45, 2.75) is 20.8 Å². The minimum atomic E-state index is 0.655. The molecule has 0 spiro atoms. The van der Waals surface area contributed by atoms with Crippen LogP contribution in [0.15, 0.2) is 48.6 Å². The Balaban J connectivity index is 2.63. The minimum absolute atomic E-state index is 0.655. The van der Waals surface area contributed by atoms with Crippen molar-refractivity contribution in [2.75, 3.05) is 6.61 Å². The lowest BCUT2D eigenvalue weighted by atomic mass is 10.1. The Labute approximate surface area is 114 Å². The summed E-state index contributed by atoms with van der Waals surface area (Å²) in [5, 5.41) is 1.06. The van der Waals surface area contributed by atoms with Gasteiger partial charge in [0.2, 0.25) is 0 Å². The predicted molar refractivity (Wildman–Crippen MR) is 81.4 cm³/mol. The number of benzene rings is 1. The molecule has 0 radical (unpaired) electrons. The van der Waals surface area contributed by atoms with E-state index in [-0.39, 0.29) is 0 Å². The van der Waals surface area contributed by atoms with E-state index in [0.717, 1.165) is 27.9 Å². The molecule has 0 aliphatic rings. The average molecular weight is 253 g/mol. The van der Waals surface area contributed by atoms with Crippen LogP contribution in [-0.4, -0.2) is 11.6 Å². The molecule has 0 saturated carbocycles. The van der Waals surface area contributed by atoms with E-state index in [9.17, 15) is 0 Å². The Morgan fingerprint density at radius 2 is 2.05 bits per heavy atom. The fraction of sp³-hybridized carbons (Fsp3) is 0.235. The third-order valence-corrected chi connectivity index (χ3v) is 2.93. The van der Waals surface area contributed by atoms with Crippen LogP contribution in [0.25, 0.3) is 16.5 Å². The summed E-state index contributed by atoms with van der Waals surface area (Å²) in [6.45, 7) is 6.68. The average Bonchev–Trinajstić information content (AvgIpc) is 2.45. The fourth-order valence-electron chi connectivity index (χ4n) is 2.08. The lowest BCUT2D eigenvalue weighted by Gasteiger charge is -2.10. The third-order valence-electron chi connectivity index (χ3n) is 2.93. The van der Waals surface area contributed by atoms with Crippen LogP contribution < -0.4 is 4.74 Å². The van der Waals surface area contributed by atoms with Gasteiger partial charge in [-0.1, -0.05) is 30.4 Å². The molecule has 98 valence electrons. The first kappa shape index (κ1) is 13.3. The first-order chi connectivity index (χ1) is 9.30. The van der Waals surface area contributed by atoms with Gasteiger partial charge in [0.05, 0.1) is 17.8 Å². The molecular weight excluding hydrogens is 234 g/mol. The quantitative estimate of drug-likeness (QED) is 0.742. The van der Waals surface area contributed by atoms with Crippen molar-refractivity contribution in [3.63, 3.8) is 0 Å². The van der Waals surface area contributed by atoms with Gasteiger partial charge in [-0.3, -0.25) is 0 Å². The van der Waals surface area contributed by atoms with Gasteiger partial charge in [-0.25, -0.2) is 4.98 Å². The summed E-state index contributed by atoms with van der Waals surface area (Å²) in [4.78, 5) is 4.71. The number of pyridine rings is 1. The molecule has 0 unspecified atom stereocenters. The SMILES string of the molecule is CC=CC(=CC)c1cc(OCC)c2ccccc2n1. The predicted octanol–water partition coefficient (Wildman–Crippen LogP) is 4.61. The molecule has 2 heteroatoms. The van der Waals surface area contributed by atoms with Crippen LogP contribution in [0.4, 0.5) is 0 Å². The van der Waals surface area contributed by atoms with Crippen LogP contribution in [0, 0.1) is 0 Å². The molecule has 1 aromatic carbocycles. The second-order valence-corrected chi connectivity index (χ2v) is 4.20. The Hall–Kier alpha value is -2.09. The second-order valence-electron chi connectivity index (χ2n) is 4.20. The number of rotatable bonds is 4. The van der Waals surface area contributed by atoms with Crippen molar-refractivity contribution >= 4 is 16.5 Å². The van der Waals surface area contributed by atoms with E-state index in [4.69, 9.17) is 9.72 Å². The highest BCUT2D eigenvalue weighted by atomic mass is 16.5. The minimum Gasteiger partial charge on any atom is -0.493 e. The maximum Gasteiger partial charge on any atom is 0.130 e. The molecule has 0 fully saturated rings. The number of allylic oxidation sites excluding steroid dienone is 4. The molecule has 0 atom stereocenters. The zero-order chi connectivity index (χ0) is 13.7. The van der Waals surface area contributed by atoms with E-state index in [2.05, 4.69) is 12.2 Å². The molecule has 19 heavy (non-hydrogen) atoms. The van der Waals surface area contributed by atoms with Crippen LogP contribution in [-0.2, 0) is 0 Å². The van der Waals surface area contributed by atoms with Crippen LogP contribution in [0.5, 0.6) is 5.75 Å². The van der Waals surface area contributed by atoms with Crippen molar-refractivity contribution in [1.29, 1.82) is 0 Å². The first-order valence-corrected chi connectivity index (χ1v) is 6.62. The van der Waals surface area contributed by atoms with Crippen molar-refractivity contribution < 1.29 is 4.74 Å². The number of ether oxygens (including phenoxy) is 1. The third kappa shape index (κ3) is 2.84. The zero-order valence-electron chi connectivity index (χ0n) is 11.7. The van der Waals surface area contributed by atoms with Crippen LogP contribution in [0.1, 0.15) is 26.5 Å². The summed E-state index contributed by atoms with van der Waals surface area (Å²) in [5.74, 6) is 0.895. The van der Waals surface area contributed by atoms with E-state index < -0.39 is 0 Å². The Kier molecular flexibility index (Phi) is 4.35. The van der Waals surface area contributed by atoms with Crippen molar-refractivity contribution in [3.05, 3.63) is 54.3 Å². The molecule has 2 nitrogen and oxygen atoms in total. The summed E-state index contributed by atoms with van der Waals surface area (Å²) in [6.07, 6.45) is 6.15. The maximum absolute atomic E-state index is 5.74. The van der Waals surface area contributed by atoms with Gasteiger partial charge in [-0.05, 0) is 38.5 Å². The molecule has 0 N–H and O–H groups in total. The lowest BCUT2D eigenvalue weighted by molar-refractivity contribution is 0.344. The normalized spacial score (nSPS) is 12.3. The summed E-state index contributed by atoms with van der Waals surface area (Å²) >= 11 is 0. The van der Waals surface area contributed by atoms with Crippen molar-refractivity contribution in [2.24, 2.45) is 0 Å². The number of hydrogen-bond donors (Lipinski definition) is 0. The number of hydrogen-bond acceptors (Lipinski definition) is 2. The summed E-state index contributed by atoms with van der Waals surface area (Å²) in [7, 11) is 0. The largest absolute Gasteiger partial charge is 0.493 e. The van der Waals surface area contributed by atoms with E-state index in [1.165, 1.54) is 0 Å². The van der Waals surface area contributed by atoms with E-state index in [1.54, 1.807) is 0 Å². The van der Waals surface area contributed by atoms with Gasteiger partial charge in [0.15, 0.2) is 0 Å². The highest BCUT2D eigenvalue weighted by Crippen LogP contribution is 2.28. The number of para-hydroxylation sites is 1. The van der Waals surface area contributed by atoms with Crippen molar-refractivity contribution in [3.8, 4) is 5.75 Å². The van der Waals surface area contributed by atoms with E-state index in [0.29, 0.717) is 6.61 Å². The topological polar surface area (TPSA) is 22.1 Å². The van der Waals surface area contributed by atoms with Crippen LogP contribution in [0.2, 0.25) is 0 Å². The Bertz CT molecular complexity index is 626. The first-order valence-electron chi connectivity index (χ1n) is 6.62. The lowest BCUT2D eigenvalue weighted by Crippen LogP contribution is -1.96. The summed E-state index contributed by atoms with van der Waals surface area (Å²) in [5.41, 5.74) is 3.02. The van der Waals surface area contributed by atoms with Crippen LogP contribution in [0.3, 0.4) is 0 Å². The Morgan fingerprint density at radius 1 is 1.26 bits per heavy atom. The van der Waals surface area contributed by atoms with E-state index >= 15 is 0 Å². The standard InChI is InChI=1S/C17H19NO/c1-4-9-13(5-2)16-12-17(19-6-3)14-10-7-8-11-15(14)18-16/h4-5,7-12H,6H2,1-3H3. The van der Waals surface area contributed by atoms with Gasteiger partial charge < -0.3 is 4.74 Å². The molecule has 0 bridgehead atoms.